The largest absolute Gasteiger partial charge is 0.338 e. The average Bonchev–Trinajstić information content (AvgIpc) is 2.99. The van der Waals surface area contributed by atoms with E-state index >= 15 is 0 Å². The van der Waals surface area contributed by atoms with Gasteiger partial charge in [-0.2, -0.15) is 0 Å². The van der Waals surface area contributed by atoms with Gasteiger partial charge in [-0.25, -0.2) is 4.98 Å². The van der Waals surface area contributed by atoms with E-state index < -0.39 is 0 Å². The number of aromatic nitrogens is 2. The molecule has 4 aromatic rings. The predicted octanol–water partition coefficient (Wildman–Crippen LogP) is 6.42. The first-order chi connectivity index (χ1) is 11.2. The Morgan fingerprint density at radius 3 is 2.26 bits per heavy atom. The molecule has 3 aromatic carbocycles. The molecule has 0 aliphatic carbocycles. The zero-order valence-corrected chi connectivity index (χ0v) is 15.2. The summed E-state index contributed by atoms with van der Waals surface area (Å²) < 4.78 is 2.10. The van der Waals surface area contributed by atoms with E-state index in [0.717, 1.165) is 42.5 Å². The van der Waals surface area contributed by atoms with Crippen LogP contribution in [0.2, 0.25) is 0 Å². The number of nitrogens with one attached hydrogen (secondary N) is 1. The summed E-state index contributed by atoms with van der Waals surface area (Å²) in [5.41, 5.74) is 5.40. The fourth-order valence-electron chi connectivity index (χ4n) is 2.71. The first kappa shape index (κ1) is 14.7. The number of benzene rings is 3. The fraction of sp³-hybridized carbons (Fsp3) is 0. The van der Waals surface area contributed by atoms with Crippen molar-refractivity contribution in [3.8, 4) is 22.5 Å². The molecule has 0 aliphatic heterocycles. The third-order valence-corrected chi connectivity index (χ3v) is 4.94. The summed E-state index contributed by atoms with van der Waals surface area (Å²) in [6.45, 7) is 0. The van der Waals surface area contributed by atoms with Gasteiger partial charge in [0, 0.05) is 14.5 Å². The molecule has 0 radical (unpaired) electrons. The number of rotatable bonds is 2. The first-order valence-corrected chi connectivity index (χ1v) is 8.80. The lowest BCUT2D eigenvalue weighted by atomic mass is 9.99. The summed E-state index contributed by atoms with van der Waals surface area (Å²) >= 11 is 7.17. The quantitative estimate of drug-likeness (QED) is 0.392. The Kier molecular flexibility index (Phi) is 3.79. The highest BCUT2D eigenvalue weighted by atomic mass is 79.9. The molecule has 1 aromatic heterocycles. The second kappa shape index (κ2) is 5.95. The van der Waals surface area contributed by atoms with Gasteiger partial charge in [0.1, 0.15) is 5.82 Å². The Balaban J connectivity index is 1.93. The minimum Gasteiger partial charge on any atom is -0.338 e. The zero-order valence-electron chi connectivity index (χ0n) is 12.1. The molecule has 0 aliphatic rings. The molecule has 0 atom stereocenters. The summed E-state index contributed by atoms with van der Waals surface area (Å²) in [7, 11) is 0. The molecule has 2 nitrogen and oxygen atoms in total. The number of aromatic amines is 1. The Morgan fingerprint density at radius 1 is 0.739 bits per heavy atom. The van der Waals surface area contributed by atoms with E-state index in [0.29, 0.717) is 0 Å². The summed E-state index contributed by atoms with van der Waals surface area (Å²) in [6.07, 6.45) is 0. The highest BCUT2D eigenvalue weighted by Gasteiger charge is 2.13. The van der Waals surface area contributed by atoms with Crippen molar-refractivity contribution < 1.29 is 0 Å². The molecule has 23 heavy (non-hydrogen) atoms. The molecule has 4 rings (SSSR count). The van der Waals surface area contributed by atoms with E-state index in [-0.39, 0.29) is 0 Å². The van der Waals surface area contributed by atoms with Crippen molar-refractivity contribution in [3.63, 3.8) is 0 Å². The van der Waals surface area contributed by atoms with Gasteiger partial charge in [0.2, 0.25) is 0 Å². The van der Waals surface area contributed by atoms with Crippen molar-refractivity contribution in [1.82, 2.24) is 9.97 Å². The van der Waals surface area contributed by atoms with Crippen LogP contribution in [0, 0.1) is 0 Å². The molecule has 0 saturated heterocycles. The highest BCUT2D eigenvalue weighted by molar-refractivity contribution is 9.11. The molecule has 0 spiro atoms. The van der Waals surface area contributed by atoms with Crippen LogP contribution in [0.4, 0.5) is 0 Å². The molecular weight excluding hydrogens is 416 g/mol. The summed E-state index contributed by atoms with van der Waals surface area (Å²) in [4.78, 5) is 8.15. The topological polar surface area (TPSA) is 28.7 Å². The number of hydrogen-bond acceptors (Lipinski definition) is 1. The molecule has 0 bridgehead atoms. The minimum absolute atomic E-state index is 0.886. The van der Waals surface area contributed by atoms with Crippen LogP contribution in [0.3, 0.4) is 0 Å². The second-order valence-corrected chi connectivity index (χ2v) is 7.04. The van der Waals surface area contributed by atoms with Crippen LogP contribution in [0.15, 0.2) is 75.7 Å². The van der Waals surface area contributed by atoms with Gasteiger partial charge in [0.05, 0.1) is 11.0 Å². The number of H-pyrrole nitrogens is 1. The van der Waals surface area contributed by atoms with Crippen LogP contribution in [-0.2, 0) is 0 Å². The number of nitrogens with zero attached hydrogens (tertiary/aromatic N) is 1. The van der Waals surface area contributed by atoms with Gasteiger partial charge in [0.15, 0.2) is 0 Å². The van der Waals surface area contributed by atoms with Crippen LogP contribution < -0.4 is 0 Å². The molecule has 1 heterocycles. The van der Waals surface area contributed by atoms with E-state index in [9.17, 15) is 0 Å². The molecule has 112 valence electrons. The first-order valence-electron chi connectivity index (χ1n) is 7.22. The van der Waals surface area contributed by atoms with Gasteiger partial charge >= 0.3 is 0 Å². The molecule has 4 heteroatoms. The lowest BCUT2D eigenvalue weighted by molar-refractivity contribution is 1.33. The van der Waals surface area contributed by atoms with E-state index in [2.05, 4.69) is 73.2 Å². The second-order valence-electron chi connectivity index (χ2n) is 5.27. The van der Waals surface area contributed by atoms with E-state index in [1.165, 1.54) is 0 Å². The SMILES string of the molecule is Brc1ccc(-c2ccccc2-c2nc3ccccc3[nH]2)c(Br)c1. The van der Waals surface area contributed by atoms with Gasteiger partial charge in [-0.1, -0.05) is 74.3 Å². The summed E-state index contributed by atoms with van der Waals surface area (Å²) in [5, 5.41) is 0. The van der Waals surface area contributed by atoms with Gasteiger partial charge in [0.25, 0.3) is 0 Å². The maximum absolute atomic E-state index is 4.74. The molecule has 0 fully saturated rings. The van der Waals surface area contributed by atoms with Crippen molar-refractivity contribution in [2.75, 3.05) is 0 Å². The normalized spacial score (nSPS) is 11.0. The number of fused-ring (bicyclic) bond motifs is 1. The lowest BCUT2D eigenvalue weighted by Crippen LogP contribution is -1.88. The van der Waals surface area contributed by atoms with Crippen molar-refractivity contribution in [2.45, 2.75) is 0 Å². The molecule has 0 saturated carbocycles. The van der Waals surface area contributed by atoms with Gasteiger partial charge in [-0.3, -0.25) is 0 Å². The Morgan fingerprint density at radius 2 is 1.48 bits per heavy atom. The monoisotopic (exact) mass is 426 g/mol. The molecule has 1 N–H and O–H groups in total. The zero-order chi connectivity index (χ0) is 15.8. The van der Waals surface area contributed by atoms with Crippen LogP contribution in [0.1, 0.15) is 0 Å². The number of hydrogen-bond donors (Lipinski definition) is 1. The van der Waals surface area contributed by atoms with Crippen molar-refractivity contribution in [2.24, 2.45) is 0 Å². The number of halogens is 2. The van der Waals surface area contributed by atoms with E-state index in [1.807, 2.05) is 30.3 Å². The fourth-order valence-corrected chi connectivity index (χ4v) is 3.97. The molecule has 0 unspecified atom stereocenters. The predicted molar refractivity (Wildman–Crippen MR) is 102 cm³/mol. The van der Waals surface area contributed by atoms with Crippen molar-refractivity contribution >= 4 is 42.9 Å². The maximum Gasteiger partial charge on any atom is 0.139 e. The summed E-state index contributed by atoms with van der Waals surface area (Å²) in [5.74, 6) is 0.886. The van der Waals surface area contributed by atoms with Gasteiger partial charge in [-0.15, -0.1) is 0 Å². The van der Waals surface area contributed by atoms with E-state index in [4.69, 9.17) is 4.98 Å². The average molecular weight is 428 g/mol. The number of imidazole rings is 1. The third-order valence-electron chi connectivity index (χ3n) is 3.79. The van der Waals surface area contributed by atoms with Crippen LogP contribution in [0.5, 0.6) is 0 Å². The van der Waals surface area contributed by atoms with Crippen LogP contribution >= 0.6 is 31.9 Å². The van der Waals surface area contributed by atoms with Crippen LogP contribution in [-0.4, -0.2) is 9.97 Å². The number of para-hydroxylation sites is 2. The Labute approximate surface area is 150 Å². The summed E-state index contributed by atoms with van der Waals surface area (Å²) in [6, 6.07) is 22.6. The minimum atomic E-state index is 0.886. The highest BCUT2D eigenvalue weighted by Crippen LogP contribution is 2.36. The maximum atomic E-state index is 4.74. The molecular formula is C19H12Br2N2. The standard InChI is InChI=1S/C19H12Br2N2/c20-12-9-10-14(16(21)11-12)13-5-1-2-6-15(13)19-22-17-7-3-4-8-18(17)23-19/h1-11H,(H,22,23). The smallest absolute Gasteiger partial charge is 0.139 e. The third kappa shape index (κ3) is 2.73. The van der Waals surface area contributed by atoms with Crippen molar-refractivity contribution in [1.29, 1.82) is 0 Å². The Hall–Kier alpha value is -1.91. The van der Waals surface area contributed by atoms with Crippen LogP contribution in [0.25, 0.3) is 33.5 Å². The molecule has 0 amide bonds. The van der Waals surface area contributed by atoms with Gasteiger partial charge < -0.3 is 4.98 Å². The lowest BCUT2D eigenvalue weighted by Gasteiger charge is -2.10. The van der Waals surface area contributed by atoms with Crippen molar-refractivity contribution in [3.05, 3.63) is 75.7 Å². The van der Waals surface area contributed by atoms with E-state index in [1.54, 1.807) is 0 Å². The van der Waals surface area contributed by atoms with Gasteiger partial charge in [-0.05, 0) is 35.4 Å². The Bertz CT molecular complexity index is 972.